The highest BCUT2D eigenvalue weighted by Crippen LogP contribution is 2.30. The van der Waals surface area contributed by atoms with E-state index < -0.39 is 0 Å². The van der Waals surface area contributed by atoms with Gasteiger partial charge in [0, 0.05) is 33.9 Å². The highest BCUT2D eigenvalue weighted by Gasteiger charge is 2.15. The van der Waals surface area contributed by atoms with Gasteiger partial charge in [0.25, 0.3) is 11.8 Å². The summed E-state index contributed by atoms with van der Waals surface area (Å²) in [6.45, 7) is 4.13. The molecular weight excluding hydrogens is 440 g/mol. The molecule has 160 valence electrons. The molecule has 2 heterocycles. The molecule has 4 aromatic rings. The Morgan fingerprint density at radius 3 is 2.41 bits per heavy atom. The molecule has 0 unspecified atom stereocenters. The fourth-order valence-corrected chi connectivity index (χ4v) is 4.40. The first kappa shape index (κ1) is 21.7. The van der Waals surface area contributed by atoms with Crippen molar-refractivity contribution in [1.82, 2.24) is 9.97 Å². The summed E-state index contributed by atoms with van der Waals surface area (Å²) in [7, 11) is 0. The second kappa shape index (κ2) is 9.76. The molecule has 6 nitrogen and oxygen atoms in total. The minimum atomic E-state index is -0.260. The van der Waals surface area contributed by atoms with E-state index in [-0.39, 0.29) is 11.8 Å². The minimum Gasteiger partial charge on any atom is -0.322 e. The van der Waals surface area contributed by atoms with Crippen LogP contribution in [-0.4, -0.2) is 21.8 Å². The normalized spacial score (nSPS) is 10.6. The predicted molar refractivity (Wildman–Crippen MR) is 129 cm³/mol. The van der Waals surface area contributed by atoms with E-state index in [4.69, 9.17) is 0 Å². The number of rotatable bonds is 6. The summed E-state index contributed by atoms with van der Waals surface area (Å²) < 4.78 is 0. The lowest BCUT2D eigenvalue weighted by Gasteiger charge is -2.10. The second-order valence-electron chi connectivity index (χ2n) is 7.03. The molecule has 2 amide bonds. The molecule has 0 saturated carbocycles. The van der Waals surface area contributed by atoms with Crippen molar-refractivity contribution >= 4 is 45.7 Å². The van der Waals surface area contributed by atoms with Gasteiger partial charge in [-0.25, -0.2) is 9.97 Å². The van der Waals surface area contributed by atoms with Crippen molar-refractivity contribution in [1.29, 1.82) is 0 Å². The summed E-state index contributed by atoms with van der Waals surface area (Å²) in [5.41, 5.74) is 3.96. The number of aromatic nitrogens is 2. The number of thiazole rings is 1. The molecule has 2 N–H and O–H groups in total. The van der Waals surface area contributed by atoms with Crippen LogP contribution in [0.25, 0.3) is 0 Å². The molecule has 0 saturated heterocycles. The Bertz CT molecular complexity index is 1260. The number of carbonyl (C=O) groups is 2. The number of aryl methyl sites for hydroxylation is 2. The molecule has 0 aliphatic heterocycles. The number of anilines is 2. The molecule has 2 aromatic carbocycles. The van der Waals surface area contributed by atoms with Gasteiger partial charge in [-0.05, 0) is 73.5 Å². The van der Waals surface area contributed by atoms with Crippen molar-refractivity contribution in [2.75, 3.05) is 10.6 Å². The Labute approximate surface area is 194 Å². The van der Waals surface area contributed by atoms with Gasteiger partial charge in [-0.2, -0.15) is 0 Å². The number of pyridine rings is 1. The van der Waals surface area contributed by atoms with E-state index >= 15 is 0 Å². The molecule has 32 heavy (non-hydrogen) atoms. The summed E-state index contributed by atoms with van der Waals surface area (Å²) in [4.78, 5) is 34.7. The first-order valence-corrected chi connectivity index (χ1v) is 11.5. The number of hydrogen-bond acceptors (Lipinski definition) is 6. The zero-order valence-corrected chi connectivity index (χ0v) is 19.1. The first-order chi connectivity index (χ1) is 15.5. The Morgan fingerprint density at radius 2 is 1.69 bits per heavy atom. The number of amides is 2. The molecule has 0 radical (unpaired) electrons. The van der Waals surface area contributed by atoms with Crippen LogP contribution in [0.1, 0.15) is 31.8 Å². The Balaban J connectivity index is 1.46. The van der Waals surface area contributed by atoms with Gasteiger partial charge in [0.05, 0.1) is 5.56 Å². The van der Waals surface area contributed by atoms with Gasteiger partial charge in [0.15, 0.2) is 5.13 Å². The maximum atomic E-state index is 12.9. The topological polar surface area (TPSA) is 84.0 Å². The third kappa shape index (κ3) is 5.22. The summed E-state index contributed by atoms with van der Waals surface area (Å²) in [5, 5.41) is 8.58. The molecule has 4 rings (SSSR count). The number of carbonyl (C=O) groups excluding carboxylic acids is 2. The van der Waals surface area contributed by atoms with Crippen LogP contribution in [0.5, 0.6) is 0 Å². The minimum absolute atomic E-state index is 0.253. The first-order valence-electron chi connectivity index (χ1n) is 9.82. The standard InChI is InChI=1S/C24H20N4O2S2/c1-15-5-10-19(14-16(15)2)32-23-20(4-3-11-25-23)22(30)27-18-8-6-17(7-9-18)21(29)28-24-26-12-13-31-24/h3-14H,1-2H3,(H,27,30)(H,26,28,29). The van der Waals surface area contributed by atoms with Crippen LogP contribution in [0.4, 0.5) is 10.8 Å². The maximum Gasteiger partial charge on any atom is 0.258 e. The van der Waals surface area contributed by atoms with E-state index in [0.717, 1.165) is 4.90 Å². The van der Waals surface area contributed by atoms with Crippen LogP contribution in [0.2, 0.25) is 0 Å². The van der Waals surface area contributed by atoms with E-state index in [1.54, 1.807) is 54.2 Å². The van der Waals surface area contributed by atoms with Gasteiger partial charge < -0.3 is 5.32 Å². The van der Waals surface area contributed by atoms with Crippen molar-refractivity contribution in [2.45, 2.75) is 23.8 Å². The zero-order chi connectivity index (χ0) is 22.5. The maximum absolute atomic E-state index is 12.9. The van der Waals surface area contributed by atoms with Crippen LogP contribution in [0.15, 0.2) is 82.3 Å². The van der Waals surface area contributed by atoms with Gasteiger partial charge in [-0.1, -0.05) is 17.8 Å². The van der Waals surface area contributed by atoms with Gasteiger partial charge in [0.1, 0.15) is 5.03 Å². The fraction of sp³-hybridized carbons (Fsp3) is 0.0833. The van der Waals surface area contributed by atoms with E-state index in [9.17, 15) is 9.59 Å². The van der Waals surface area contributed by atoms with Crippen molar-refractivity contribution in [3.05, 3.63) is 94.6 Å². The lowest BCUT2D eigenvalue weighted by molar-refractivity contribution is 0.101. The Hall–Kier alpha value is -3.49. The zero-order valence-electron chi connectivity index (χ0n) is 17.5. The highest BCUT2D eigenvalue weighted by molar-refractivity contribution is 7.99. The summed E-state index contributed by atoms with van der Waals surface area (Å²) in [5.74, 6) is -0.512. The van der Waals surface area contributed by atoms with Crippen molar-refractivity contribution in [3.8, 4) is 0 Å². The summed E-state index contributed by atoms with van der Waals surface area (Å²) in [6.07, 6.45) is 3.31. The van der Waals surface area contributed by atoms with Crippen molar-refractivity contribution in [3.63, 3.8) is 0 Å². The van der Waals surface area contributed by atoms with Crippen LogP contribution in [0.3, 0.4) is 0 Å². The lowest BCUT2D eigenvalue weighted by Crippen LogP contribution is -2.14. The molecule has 0 spiro atoms. The number of nitrogens with one attached hydrogen (secondary N) is 2. The van der Waals surface area contributed by atoms with Crippen molar-refractivity contribution < 1.29 is 9.59 Å². The molecular formula is C24H20N4O2S2. The van der Waals surface area contributed by atoms with Gasteiger partial charge in [0.2, 0.25) is 0 Å². The van der Waals surface area contributed by atoms with E-state index in [2.05, 4.69) is 46.6 Å². The fourth-order valence-electron chi connectivity index (χ4n) is 2.89. The molecule has 0 bridgehead atoms. The van der Waals surface area contributed by atoms with Gasteiger partial charge >= 0.3 is 0 Å². The largest absolute Gasteiger partial charge is 0.322 e. The molecule has 2 aromatic heterocycles. The van der Waals surface area contributed by atoms with E-state index in [0.29, 0.717) is 27.0 Å². The Kier molecular flexibility index (Phi) is 6.63. The number of benzene rings is 2. The second-order valence-corrected chi connectivity index (χ2v) is 8.98. The monoisotopic (exact) mass is 460 g/mol. The van der Waals surface area contributed by atoms with Crippen LogP contribution in [0, 0.1) is 13.8 Å². The lowest BCUT2D eigenvalue weighted by atomic mass is 10.1. The SMILES string of the molecule is Cc1ccc(Sc2ncccc2C(=O)Nc2ccc(C(=O)Nc3nccs3)cc2)cc1C. The average Bonchev–Trinajstić information content (AvgIpc) is 3.30. The van der Waals surface area contributed by atoms with Crippen LogP contribution < -0.4 is 10.6 Å². The molecule has 8 heteroatoms. The average molecular weight is 461 g/mol. The highest BCUT2D eigenvalue weighted by atomic mass is 32.2. The van der Waals surface area contributed by atoms with Gasteiger partial charge in [-0.3, -0.25) is 14.9 Å². The summed E-state index contributed by atoms with van der Waals surface area (Å²) in [6, 6.07) is 16.4. The predicted octanol–water partition coefficient (Wildman–Crippen LogP) is 5.81. The smallest absolute Gasteiger partial charge is 0.258 e. The van der Waals surface area contributed by atoms with E-state index in [1.807, 2.05) is 6.07 Å². The number of nitrogens with zero attached hydrogens (tertiary/aromatic N) is 2. The molecule has 0 aliphatic carbocycles. The quantitative estimate of drug-likeness (QED) is 0.379. The van der Waals surface area contributed by atoms with Crippen LogP contribution in [-0.2, 0) is 0 Å². The molecule has 0 fully saturated rings. The van der Waals surface area contributed by atoms with Crippen molar-refractivity contribution in [2.24, 2.45) is 0 Å². The third-order valence-electron chi connectivity index (χ3n) is 4.77. The van der Waals surface area contributed by atoms with Gasteiger partial charge in [-0.15, -0.1) is 11.3 Å². The molecule has 0 atom stereocenters. The van der Waals surface area contributed by atoms with Crippen LogP contribution >= 0.6 is 23.1 Å². The molecule has 0 aliphatic rings. The van der Waals surface area contributed by atoms with E-state index in [1.165, 1.54) is 34.2 Å². The summed E-state index contributed by atoms with van der Waals surface area (Å²) >= 11 is 2.80. The number of hydrogen-bond donors (Lipinski definition) is 2. The third-order valence-corrected chi connectivity index (χ3v) is 6.46. The Morgan fingerprint density at radius 1 is 0.875 bits per heavy atom.